The Morgan fingerprint density at radius 3 is 2.87 bits per heavy atom. The molecule has 0 bridgehead atoms. The fraction of sp³-hybridized carbons (Fsp3) is 0.348. The van der Waals surface area contributed by atoms with Gasteiger partial charge in [0.05, 0.1) is 11.9 Å². The normalized spacial score (nSPS) is 18.6. The Morgan fingerprint density at radius 2 is 2.17 bits per heavy atom. The molecular weight excluding hydrogens is 376 g/mol. The van der Waals surface area contributed by atoms with E-state index in [1.165, 1.54) is 6.21 Å². The van der Waals surface area contributed by atoms with Gasteiger partial charge in [0.15, 0.2) is 0 Å². The van der Waals surface area contributed by atoms with Gasteiger partial charge in [-0.3, -0.25) is 4.79 Å². The van der Waals surface area contributed by atoms with E-state index in [1.54, 1.807) is 6.20 Å². The van der Waals surface area contributed by atoms with E-state index < -0.39 is 5.54 Å². The van der Waals surface area contributed by atoms with E-state index in [0.29, 0.717) is 18.2 Å². The molecule has 7 nitrogen and oxygen atoms in total. The zero-order chi connectivity index (χ0) is 21.3. The number of nitrogens with one attached hydrogen (secondary N) is 3. The fourth-order valence-corrected chi connectivity index (χ4v) is 3.49. The lowest BCUT2D eigenvalue weighted by Gasteiger charge is -2.26. The van der Waals surface area contributed by atoms with Crippen molar-refractivity contribution in [2.45, 2.75) is 44.7 Å². The molecule has 1 unspecified atom stereocenters. The van der Waals surface area contributed by atoms with Gasteiger partial charge < -0.3 is 26.3 Å². The van der Waals surface area contributed by atoms with Gasteiger partial charge in [-0.25, -0.2) is 4.98 Å². The molecule has 0 radical (unpaired) electrons. The number of imidazole rings is 1. The average molecular weight is 405 g/mol. The van der Waals surface area contributed by atoms with Crippen molar-refractivity contribution in [3.8, 4) is 11.3 Å². The number of rotatable bonds is 7. The van der Waals surface area contributed by atoms with Crippen LogP contribution in [0, 0.1) is 11.3 Å². The van der Waals surface area contributed by atoms with Crippen molar-refractivity contribution in [2.24, 2.45) is 5.92 Å². The van der Waals surface area contributed by atoms with Crippen LogP contribution in [0.1, 0.15) is 32.5 Å². The third kappa shape index (κ3) is 4.15. The van der Waals surface area contributed by atoms with Gasteiger partial charge in [-0.1, -0.05) is 18.2 Å². The van der Waals surface area contributed by atoms with Gasteiger partial charge in [0.25, 0.3) is 0 Å². The molecule has 1 atom stereocenters. The number of aromatic nitrogens is 2. The predicted octanol–water partition coefficient (Wildman–Crippen LogP) is 2.96. The van der Waals surface area contributed by atoms with E-state index >= 15 is 0 Å². The molecule has 1 aliphatic heterocycles. The van der Waals surface area contributed by atoms with Crippen LogP contribution in [0.5, 0.6) is 0 Å². The van der Waals surface area contributed by atoms with E-state index in [9.17, 15) is 4.79 Å². The molecule has 7 heteroatoms. The highest BCUT2D eigenvalue weighted by Gasteiger charge is 2.32. The molecular formula is C23H28N6O. The number of fused-ring (bicyclic) bond motifs is 1. The Bertz CT molecular complexity index is 1030. The van der Waals surface area contributed by atoms with Gasteiger partial charge in [0.2, 0.25) is 5.91 Å². The summed E-state index contributed by atoms with van der Waals surface area (Å²) in [6, 6.07) is 8.07. The molecule has 4 rings (SSSR count). The van der Waals surface area contributed by atoms with E-state index in [4.69, 9.17) is 11.1 Å². The highest BCUT2D eigenvalue weighted by atomic mass is 16.2. The molecule has 0 spiro atoms. The maximum atomic E-state index is 12.4. The van der Waals surface area contributed by atoms with Crippen LogP contribution < -0.4 is 16.4 Å². The second-order valence-electron chi connectivity index (χ2n) is 8.51. The first kappa shape index (κ1) is 19.9. The summed E-state index contributed by atoms with van der Waals surface area (Å²) >= 11 is 0. The van der Waals surface area contributed by atoms with Crippen LogP contribution in [0.2, 0.25) is 0 Å². The molecule has 2 aromatic rings. The van der Waals surface area contributed by atoms with Crippen LogP contribution in [0.4, 0.5) is 5.69 Å². The fourth-order valence-electron chi connectivity index (χ4n) is 3.49. The Kier molecular flexibility index (Phi) is 5.20. The standard InChI is InChI=1S/C23H28N6O/c1-23(2,22(30)28-19-6-7-19)27-13-17(12-24)15-8-9-29-20(14-26-21(29)11-15)16-4-3-5-18(25)10-16/h3-5,8-10,12-15,19,24,27H,6-7,11,25H2,1-2H3,(H,28,30)/b17-13+,24-12?. The molecule has 1 aliphatic carbocycles. The second kappa shape index (κ2) is 7.82. The van der Waals surface area contributed by atoms with Crippen LogP contribution in [-0.4, -0.2) is 33.3 Å². The van der Waals surface area contributed by atoms with Crippen molar-refractivity contribution >= 4 is 24.0 Å². The number of hydrogen-bond donors (Lipinski definition) is 4. The summed E-state index contributed by atoms with van der Waals surface area (Å²) in [6.07, 6.45) is 11.8. The average Bonchev–Trinajstić information content (AvgIpc) is 3.44. The summed E-state index contributed by atoms with van der Waals surface area (Å²) in [5.41, 5.74) is 8.71. The number of allylic oxidation sites excluding steroid dienone is 2. The smallest absolute Gasteiger partial charge is 0.245 e. The molecule has 156 valence electrons. The minimum atomic E-state index is -0.742. The van der Waals surface area contributed by atoms with Crippen LogP contribution in [0.25, 0.3) is 17.5 Å². The number of carbonyl (C=O) groups excluding carboxylic acids is 1. The molecule has 2 heterocycles. The second-order valence-corrected chi connectivity index (χ2v) is 8.51. The Morgan fingerprint density at radius 1 is 1.37 bits per heavy atom. The molecule has 1 amide bonds. The van der Waals surface area contributed by atoms with Gasteiger partial charge >= 0.3 is 0 Å². The molecule has 30 heavy (non-hydrogen) atoms. The Balaban J connectivity index is 1.49. The van der Waals surface area contributed by atoms with Crippen molar-refractivity contribution < 1.29 is 4.79 Å². The highest BCUT2D eigenvalue weighted by molar-refractivity contribution is 5.86. The zero-order valence-electron chi connectivity index (χ0n) is 17.4. The molecule has 1 fully saturated rings. The number of carbonyl (C=O) groups is 1. The quantitative estimate of drug-likeness (QED) is 0.420. The molecule has 0 saturated heterocycles. The topological polar surface area (TPSA) is 109 Å². The molecule has 1 aromatic heterocycles. The highest BCUT2D eigenvalue weighted by Crippen LogP contribution is 2.29. The molecule has 5 N–H and O–H groups in total. The lowest BCUT2D eigenvalue weighted by molar-refractivity contribution is -0.126. The number of nitrogen functional groups attached to an aromatic ring is 1. The Hall–Kier alpha value is -3.35. The van der Waals surface area contributed by atoms with E-state index in [2.05, 4.69) is 26.3 Å². The first-order valence-electron chi connectivity index (χ1n) is 10.3. The van der Waals surface area contributed by atoms with E-state index in [-0.39, 0.29) is 11.8 Å². The Labute approximate surface area is 176 Å². The first-order chi connectivity index (χ1) is 14.4. The molecule has 1 saturated carbocycles. The minimum Gasteiger partial charge on any atom is -0.399 e. The maximum absolute atomic E-state index is 12.4. The number of benzene rings is 1. The molecule has 2 aliphatic rings. The predicted molar refractivity (Wildman–Crippen MR) is 120 cm³/mol. The van der Waals surface area contributed by atoms with Crippen molar-refractivity contribution in [1.82, 2.24) is 20.2 Å². The lowest BCUT2D eigenvalue weighted by Crippen LogP contribution is -2.51. The van der Waals surface area contributed by atoms with Crippen molar-refractivity contribution in [1.29, 1.82) is 5.41 Å². The summed E-state index contributed by atoms with van der Waals surface area (Å²) in [4.78, 5) is 17.0. The van der Waals surface area contributed by atoms with Crippen molar-refractivity contribution in [3.05, 3.63) is 54.1 Å². The van der Waals surface area contributed by atoms with Crippen molar-refractivity contribution in [3.63, 3.8) is 0 Å². The van der Waals surface area contributed by atoms with Gasteiger partial charge in [-0.15, -0.1) is 0 Å². The third-order valence-electron chi connectivity index (χ3n) is 5.60. The van der Waals surface area contributed by atoms with Crippen LogP contribution in [0.15, 0.2) is 48.3 Å². The summed E-state index contributed by atoms with van der Waals surface area (Å²) in [7, 11) is 0. The van der Waals surface area contributed by atoms with Gasteiger partial charge in [-0.2, -0.15) is 0 Å². The third-order valence-corrected chi connectivity index (χ3v) is 5.60. The first-order valence-corrected chi connectivity index (χ1v) is 10.3. The van der Waals surface area contributed by atoms with Crippen LogP contribution >= 0.6 is 0 Å². The minimum absolute atomic E-state index is 0.0147. The van der Waals surface area contributed by atoms with Gasteiger partial charge in [0.1, 0.15) is 11.4 Å². The van der Waals surface area contributed by atoms with Gasteiger partial charge in [-0.05, 0) is 44.4 Å². The zero-order valence-corrected chi connectivity index (χ0v) is 17.4. The molecule has 1 aromatic carbocycles. The van der Waals surface area contributed by atoms with E-state index in [0.717, 1.165) is 35.5 Å². The van der Waals surface area contributed by atoms with Crippen LogP contribution in [0.3, 0.4) is 0 Å². The van der Waals surface area contributed by atoms with E-state index in [1.807, 2.05) is 50.5 Å². The maximum Gasteiger partial charge on any atom is 0.245 e. The SMILES string of the molecule is CC(C)(N/C=C(\C=N)C1C=Cn2c(-c3cccc(N)c3)cnc2C1)C(=O)NC1CC1. The lowest BCUT2D eigenvalue weighted by atomic mass is 9.94. The summed E-state index contributed by atoms with van der Waals surface area (Å²) in [5.74, 6) is 0.923. The number of nitrogens with zero attached hydrogens (tertiary/aromatic N) is 2. The largest absolute Gasteiger partial charge is 0.399 e. The monoisotopic (exact) mass is 404 g/mol. The van der Waals surface area contributed by atoms with Gasteiger partial charge in [0, 0.05) is 48.2 Å². The summed E-state index contributed by atoms with van der Waals surface area (Å²) < 4.78 is 2.06. The number of nitrogens with two attached hydrogens (primary N) is 1. The van der Waals surface area contributed by atoms with Crippen LogP contribution in [-0.2, 0) is 11.2 Å². The summed E-state index contributed by atoms with van der Waals surface area (Å²) in [5, 5.41) is 14.1. The summed E-state index contributed by atoms with van der Waals surface area (Å²) in [6.45, 7) is 3.70. The number of anilines is 1. The number of amides is 1. The van der Waals surface area contributed by atoms with Crippen molar-refractivity contribution in [2.75, 3.05) is 5.73 Å². The number of hydrogen-bond acceptors (Lipinski definition) is 5.